The van der Waals surface area contributed by atoms with Crippen LogP contribution in [-0.2, 0) is 0 Å². The van der Waals surface area contributed by atoms with Gasteiger partial charge >= 0.3 is 0 Å². The Hall–Kier alpha value is -0.650. The summed E-state index contributed by atoms with van der Waals surface area (Å²) in [7, 11) is 0. The molecule has 1 rings (SSSR count). The van der Waals surface area contributed by atoms with E-state index in [2.05, 4.69) is 0 Å². The molecule has 0 amide bonds. The number of aliphatic hydroxyl groups is 2. The molecule has 1 unspecified atom stereocenters. The number of rotatable bonds is 4. The van der Waals surface area contributed by atoms with Crippen LogP contribution < -0.4 is 0 Å². The quantitative estimate of drug-likeness (QED) is 0.763. The Morgan fingerprint density at radius 1 is 1.21 bits per heavy atom. The van der Waals surface area contributed by atoms with E-state index in [0.29, 0.717) is 22.2 Å². The fourth-order valence-electron chi connectivity index (χ4n) is 0.977. The summed E-state index contributed by atoms with van der Waals surface area (Å²) in [6, 6.07) is 6.02. The second-order valence-electron chi connectivity index (χ2n) is 2.65. The average molecular weight is 220 g/mol. The lowest BCUT2D eigenvalue weighted by molar-refractivity contribution is 0.0956. The zero-order valence-electron chi connectivity index (χ0n) is 7.23. The number of aliphatic hydroxyl groups excluding tert-OH is 2. The van der Waals surface area contributed by atoms with E-state index in [9.17, 15) is 13.9 Å². The van der Waals surface area contributed by atoms with Gasteiger partial charge in [0.2, 0.25) is 0 Å². The molecule has 0 saturated carbocycles. The van der Waals surface area contributed by atoms with Gasteiger partial charge in [-0.3, -0.25) is 0 Å². The molecule has 2 nitrogen and oxygen atoms in total. The smallest absolute Gasteiger partial charge is 0.288 e. The molecule has 5 heteroatoms. The summed E-state index contributed by atoms with van der Waals surface area (Å²) < 4.78 is 23.8. The van der Waals surface area contributed by atoms with Crippen molar-refractivity contribution in [1.29, 1.82) is 0 Å². The highest BCUT2D eigenvalue weighted by atomic mass is 32.2. The highest BCUT2D eigenvalue weighted by molar-refractivity contribution is 7.99. The minimum Gasteiger partial charge on any atom is -0.393 e. The maximum atomic E-state index is 11.9. The van der Waals surface area contributed by atoms with Gasteiger partial charge in [-0.05, 0) is 17.7 Å². The van der Waals surface area contributed by atoms with E-state index < -0.39 is 11.9 Å². The molecule has 0 spiro atoms. The first kappa shape index (κ1) is 11.4. The highest BCUT2D eigenvalue weighted by Gasteiger charge is 2.07. The number of benzene rings is 1. The first-order valence-electron chi connectivity index (χ1n) is 3.97. The Balaban J connectivity index is 2.68. The van der Waals surface area contributed by atoms with Crippen LogP contribution in [0.25, 0.3) is 0 Å². The first-order valence-corrected chi connectivity index (χ1v) is 4.85. The molecule has 1 atom stereocenters. The van der Waals surface area contributed by atoms with Crippen LogP contribution in [0.3, 0.4) is 0 Å². The first-order chi connectivity index (χ1) is 6.63. The monoisotopic (exact) mass is 220 g/mol. The van der Waals surface area contributed by atoms with Gasteiger partial charge in [-0.1, -0.05) is 23.9 Å². The van der Waals surface area contributed by atoms with Crippen LogP contribution in [0, 0.1) is 0 Å². The van der Waals surface area contributed by atoms with E-state index in [-0.39, 0.29) is 6.61 Å². The van der Waals surface area contributed by atoms with Crippen molar-refractivity contribution >= 4 is 11.8 Å². The van der Waals surface area contributed by atoms with Gasteiger partial charge in [0.15, 0.2) is 0 Å². The molecular weight excluding hydrogens is 210 g/mol. The van der Waals surface area contributed by atoms with Gasteiger partial charge in [0, 0.05) is 4.90 Å². The summed E-state index contributed by atoms with van der Waals surface area (Å²) in [6.45, 7) is -0.374. The topological polar surface area (TPSA) is 40.5 Å². The van der Waals surface area contributed by atoms with Gasteiger partial charge in [-0.15, -0.1) is 0 Å². The third-order valence-corrected chi connectivity index (χ3v) is 2.39. The van der Waals surface area contributed by atoms with Crippen molar-refractivity contribution in [2.45, 2.75) is 16.8 Å². The molecule has 14 heavy (non-hydrogen) atoms. The summed E-state index contributed by atoms with van der Waals surface area (Å²) in [5.74, 6) is -2.44. The van der Waals surface area contributed by atoms with E-state index >= 15 is 0 Å². The summed E-state index contributed by atoms with van der Waals surface area (Å²) in [6.07, 6.45) is -0.944. The van der Waals surface area contributed by atoms with Gasteiger partial charge in [0.1, 0.15) is 6.10 Å². The molecule has 0 radical (unpaired) electrons. The summed E-state index contributed by atoms with van der Waals surface area (Å²) >= 11 is 0.449. The maximum absolute atomic E-state index is 11.9. The van der Waals surface area contributed by atoms with Crippen LogP contribution in [0.1, 0.15) is 11.7 Å². The van der Waals surface area contributed by atoms with Crippen molar-refractivity contribution in [1.82, 2.24) is 0 Å². The van der Waals surface area contributed by atoms with Gasteiger partial charge < -0.3 is 10.2 Å². The molecule has 0 bridgehead atoms. The molecule has 0 aliphatic heterocycles. The third-order valence-electron chi connectivity index (χ3n) is 1.66. The fraction of sp³-hybridized carbons (Fsp3) is 0.333. The molecule has 2 N–H and O–H groups in total. The summed E-state index contributed by atoms with van der Waals surface area (Å²) in [4.78, 5) is 0.439. The molecule has 0 aliphatic rings. The van der Waals surface area contributed by atoms with Crippen molar-refractivity contribution in [3.63, 3.8) is 0 Å². The summed E-state index contributed by atoms with van der Waals surface area (Å²) in [5, 5.41) is 17.8. The normalized spacial score (nSPS) is 13.2. The van der Waals surface area contributed by atoms with Crippen molar-refractivity contribution in [3.8, 4) is 0 Å². The van der Waals surface area contributed by atoms with Crippen molar-refractivity contribution in [2.24, 2.45) is 0 Å². The lowest BCUT2D eigenvalue weighted by atomic mass is 10.1. The predicted molar refractivity (Wildman–Crippen MR) is 50.3 cm³/mol. The number of thioether (sulfide) groups is 1. The van der Waals surface area contributed by atoms with E-state index in [0.717, 1.165) is 0 Å². The Kier molecular flexibility index (Phi) is 4.31. The molecule has 1 aromatic rings. The van der Waals surface area contributed by atoms with E-state index in [1.54, 1.807) is 0 Å². The van der Waals surface area contributed by atoms with Crippen molar-refractivity contribution in [3.05, 3.63) is 29.8 Å². The van der Waals surface area contributed by atoms with E-state index in [4.69, 9.17) is 5.11 Å². The Morgan fingerprint density at radius 3 is 2.21 bits per heavy atom. The number of hydrogen-bond acceptors (Lipinski definition) is 3. The Labute approximate surface area is 84.6 Å². The second kappa shape index (κ2) is 5.29. The van der Waals surface area contributed by atoms with Gasteiger partial charge in [-0.2, -0.15) is 8.78 Å². The number of hydrogen-bond donors (Lipinski definition) is 2. The van der Waals surface area contributed by atoms with Crippen LogP contribution in [0.5, 0.6) is 0 Å². The zero-order chi connectivity index (χ0) is 10.6. The van der Waals surface area contributed by atoms with Crippen molar-refractivity contribution in [2.75, 3.05) is 6.61 Å². The minimum atomic E-state index is -2.44. The molecule has 78 valence electrons. The Morgan fingerprint density at radius 2 is 1.79 bits per heavy atom. The largest absolute Gasteiger partial charge is 0.393 e. The summed E-state index contributed by atoms with van der Waals surface area (Å²) in [5.41, 5.74) is 0.520. The van der Waals surface area contributed by atoms with Crippen LogP contribution in [0.15, 0.2) is 29.2 Å². The lowest BCUT2D eigenvalue weighted by Crippen LogP contribution is -2.01. The predicted octanol–water partition coefficient (Wildman–Crippen LogP) is 2.03. The molecule has 0 aliphatic carbocycles. The highest BCUT2D eigenvalue weighted by Crippen LogP contribution is 2.26. The van der Waals surface area contributed by atoms with Crippen LogP contribution in [0.2, 0.25) is 0 Å². The molecule has 0 saturated heterocycles. The average Bonchev–Trinajstić information content (AvgIpc) is 2.17. The van der Waals surface area contributed by atoms with Gasteiger partial charge in [0.05, 0.1) is 6.61 Å². The molecular formula is C9H10F2O2S. The molecule has 0 fully saturated rings. The standard InChI is InChI=1S/C9H10F2O2S/c10-9(11)14-7-3-1-6(2-4-7)8(13)5-12/h1-4,8-9,12-13H,5H2. The van der Waals surface area contributed by atoms with Crippen molar-refractivity contribution < 1.29 is 19.0 Å². The lowest BCUT2D eigenvalue weighted by Gasteiger charge is -2.07. The molecule has 0 aromatic heterocycles. The van der Waals surface area contributed by atoms with E-state index in [1.807, 2.05) is 0 Å². The van der Waals surface area contributed by atoms with Crippen LogP contribution in [-0.4, -0.2) is 22.6 Å². The third kappa shape index (κ3) is 3.25. The maximum Gasteiger partial charge on any atom is 0.288 e. The minimum absolute atomic E-state index is 0.374. The number of alkyl halides is 2. The Bertz CT molecular complexity index is 277. The molecule has 1 aromatic carbocycles. The van der Waals surface area contributed by atoms with Gasteiger partial charge in [-0.25, -0.2) is 0 Å². The van der Waals surface area contributed by atoms with Crippen LogP contribution >= 0.6 is 11.8 Å². The van der Waals surface area contributed by atoms with Crippen LogP contribution in [0.4, 0.5) is 8.78 Å². The molecule has 0 heterocycles. The SMILES string of the molecule is OCC(O)c1ccc(SC(F)F)cc1. The second-order valence-corrected chi connectivity index (χ2v) is 3.71. The fourth-order valence-corrected chi connectivity index (χ4v) is 1.48. The number of halogens is 2. The zero-order valence-corrected chi connectivity index (χ0v) is 8.05. The van der Waals surface area contributed by atoms with E-state index in [1.165, 1.54) is 24.3 Å². The van der Waals surface area contributed by atoms with Gasteiger partial charge in [0.25, 0.3) is 5.76 Å².